The molecule has 2 rings (SSSR count). The molecule has 0 aliphatic rings. The van der Waals surface area contributed by atoms with E-state index in [1.807, 2.05) is 26.1 Å². The summed E-state index contributed by atoms with van der Waals surface area (Å²) in [6.45, 7) is 2.03. The molecule has 0 radical (unpaired) electrons. The fourth-order valence-electron chi connectivity index (χ4n) is 1.93. The van der Waals surface area contributed by atoms with Crippen molar-refractivity contribution in [2.24, 2.45) is 12.9 Å². The number of benzene rings is 1. The molecule has 4 nitrogen and oxygen atoms in total. The number of nitrogens with zero attached hydrogens (tertiary/aromatic N) is 2. The third kappa shape index (κ3) is 2.44. The van der Waals surface area contributed by atoms with Gasteiger partial charge in [-0.2, -0.15) is 5.10 Å². The van der Waals surface area contributed by atoms with E-state index < -0.39 is 0 Å². The average molecular weight is 330 g/mol. The highest BCUT2D eigenvalue weighted by atomic mass is 79.9. The van der Waals surface area contributed by atoms with Crippen LogP contribution in [0.25, 0.3) is 0 Å². The lowest BCUT2D eigenvalue weighted by Gasteiger charge is -2.18. The highest BCUT2D eigenvalue weighted by Gasteiger charge is 2.20. The molecule has 0 spiro atoms. The van der Waals surface area contributed by atoms with Crippen molar-refractivity contribution >= 4 is 27.5 Å². The zero-order valence-electron chi connectivity index (χ0n) is 10.1. The Labute approximate surface area is 119 Å². The van der Waals surface area contributed by atoms with Gasteiger partial charge < -0.3 is 0 Å². The third-order valence-electron chi connectivity index (χ3n) is 2.89. The van der Waals surface area contributed by atoms with Crippen molar-refractivity contribution < 1.29 is 0 Å². The van der Waals surface area contributed by atoms with E-state index >= 15 is 0 Å². The largest absolute Gasteiger partial charge is 0.271 e. The molecule has 0 bridgehead atoms. The Balaban J connectivity index is 2.48. The van der Waals surface area contributed by atoms with E-state index in [1.165, 1.54) is 0 Å². The van der Waals surface area contributed by atoms with Crippen molar-refractivity contribution in [1.82, 2.24) is 15.2 Å². The number of halogens is 2. The minimum absolute atomic E-state index is 0.184. The molecule has 0 saturated carbocycles. The van der Waals surface area contributed by atoms with Gasteiger partial charge in [0.05, 0.1) is 23.0 Å². The standard InChI is InChI=1S/C12H14BrClN4/c1-7-5-8(3-4-9(7)13)11(17-15)12-10(14)6-16-18(12)2/h3-6,11,17H,15H2,1-2H3. The van der Waals surface area contributed by atoms with Crippen molar-refractivity contribution in [3.8, 4) is 0 Å². The fraction of sp³-hybridized carbons (Fsp3) is 0.250. The lowest BCUT2D eigenvalue weighted by Crippen LogP contribution is -2.30. The maximum absolute atomic E-state index is 6.15. The Kier molecular flexibility index (Phi) is 4.07. The number of hydrogen-bond acceptors (Lipinski definition) is 3. The first kappa shape index (κ1) is 13.5. The van der Waals surface area contributed by atoms with E-state index in [1.54, 1.807) is 10.9 Å². The van der Waals surface area contributed by atoms with Crippen molar-refractivity contribution in [2.45, 2.75) is 13.0 Å². The fourth-order valence-corrected chi connectivity index (χ4v) is 2.45. The smallest absolute Gasteiger partial charge is 0.0893 e. The second-order valence-corrected chi connectivity index (χ2v) is 5.37. The van der Waals surface area contributed by atoms with Crippen LogP contribution in [0.5, 0.6) is 0 Å². The van der Waals surface area contributed by atoms with Gasteiger partial charge in [0.15, 0.2) is 0 Å². The van der Waals surface area contributed by atoms with Crippen molar-refractivity contribution in [3.05, 3.63) is 50.7 Å². The summed E-state index contributed by atoms with van der Waals surface area (Å²) in [5, 5.41) is 4.73. The zero-order valence-corrected chi connectivity index (χ0v) is 12.5. The average Bonchev–Trinajstić information content (AvgIpc) is 2.66. The SMILES string of the molecule is Cc1cc(C(NN)c2c(Cl)cnn2C)ccc1Br. The van der Waals surface area contributed by atoms with Crippen LogP contribution in [0.15, 0.2) is 28.9 Å². The first-order valence-corrected chi connectivity index (χ1v) is 6.61. The summed E-state index contributed by atoms with van der Waals surface area (Å²) < 4.78 is 2.79. The van der Waals surface area contributed by atoms with Crippen molar-refractivity contribution in [3.63, 3.8) is 0 Å². The molecular formula is C12H14BrClN4. The van der Waals surface area contributed by atoms with E-state index in [0.717, 1.165) is 21.3 Å². The second-order valence-electron chi connectivity index (χ2n) is 4.11. The third-order valence-corrected chi connectivity index (χ3v) is 4.07. The van der Waals surface area contributed by atoms with Gasteiger partial charge in [0.25, 0.3) is 0 Å². The molecule has 0 amide bonds. The molecule has 0 saturated heterocycles. The van der Waals surface area contributed by atoms with Crippen molar-refractivity contribution in [1.29, 1.82) is 0 Å². The molecule has 1 aromatic carbocycles. The van der Waals surface area contributed by atoms with Gasteiger partial charge in [-0.1, -0.05) is 39.7 Å². The van der Waals surface area contributed by atoms with Gasteiger partial charge in [-0.3, -0.25) is 10.5 Å². The molecule has 0 aliphatic heterocycles. The number of aryl methyl sites for hydroxylation is 2. The molecule has 0 aliphatic carbocycles. The van der Waals surface area contributed by atoms with Gasteiger partial charge in [0.1, 0.15) is 0 Å². The van der Waals surface area contributed by atoms with Gasteiger partial charge in [-0.15, -0.1) is 0 Å². The summed E-state index contributed by atoms with van der Waals surface area (Å²) in [5.41, 5.74) is 5.83. The predicted octanol–water partition coefficient (Wildman–Crippen LogP) is 2.70. The normalized spacial score (nSPS) is 12.7. The summed E-state index contributed by atoms with van der Waals surface area (Å²) in [6.07, 6.45) is 1.62. The van der Waals surface area contributed by atoms with Crippen LogP contribution < -0.4 is 11.3 Å². The summed E-state index contributed by atoms with van der Waals surface area (Å²) in [4.78, 5) is 0. The highest BCUT2D eigenvalue weighted by Crippen LogP contribution is 2.29. The van der Waals surface area contributed by atoms with Crippen LogP contribution in [0.3, 0.4) is 0 Å². The predicted molar refractivity (Wildman–Crippen MR) is 76.3 cm³/mol. The van der Waals surface area contributed by atoms with Gasteiger partial charge in [-0.05, 0) is 24.1 Å². The molecule has 3 N–H and O–H groups in total. The van der Waals surface area contributed by atoms with Gasteiger partial charge in [-0.25, -0.2) is 5.43 Å². The molecule has 1 atom stereocenters. The topological polar surface area (TPSA) is 55.9 Å². The Morgan fingerprint density at radius 2 is 2.22 bits per heavy atom. The summed E-state index contributed by atoms with van der Waals surface area (Å²) in [6, 6.07) is 5.89. The van der Waals surface area contributed by atoms with E-state index in [2.05, 4.69) is 32.5 Å². The Morgan fingerprint density at radius 1 is 1.50 bits per heavy atom. The van der Waals surface area contributed by atoms with Crippen LogP contribution in [0, 0.1) is 6.92 Å². The molecule has 96 valence electrons. The maximum atomic E-state index is 6.15. The minimum atomic E-state index is -0.184. The van der Waals surface area contributed by atoms with Crippen LogP contribution in [-0.2, 0) is 7.05 Å². The van der Waals surface area contributed by atoms with Gasteiger partial charge >= 0.3 is 0 Å². The molecular weight excluding hydrogens is 316 g/mol. The van der Waals surface area contributed by atoms with Crippen LogP contribution in [0.1, 0.15) is 22.9 Å². The lowest BCUT2D eigenvalue weighted by atomic mass is 10.0. The second kappa shape index (κ2) is 5.40. The molecule has 2 aromatic rings. The van der Waals surface area contributed by atoms with Crippen LogP contribution in [0.4, 0.5) is 0 Å². The molecule has 6 heteroatoms. The first-order valence-electron chi connectivity index (χ1n) is 5.44. The van der Waals surface area contributed by atoms with Gasteiger partial charge in [0, 0.05) is 11.5 Å². The van der Waals surface area contributed by atoms with E-state index in [0.29, 0.717) is 5.02 Å². The Morgan fingerprint density at radius 3 is 2.72 bits per heavy atom. The van der Waals surface area contributed by atoms with Crippen LogP contribution in [-0.4, -0.2) is 9.78 Å². The summed E-state index contributed by atoms with van der Waals surface area (Å²) in [5.74, 6) is 5.66. The first-order chi connectivity index (χ1) is 8.54. The van der Waals surface area contributed by atoms with Crippen molar-refractivity contribution in [2.75, 3.05) is 0 Å². The minimum Gasteiger partial charge on any atom is -0.271 e. The molecule has 0 fully saturated rings. The van der Waals surface area contributed by atoms with E-state index in [9.17, 15) is 0 Å². The van der Waals surface area contributed by atoms with Gasteiger partial charge in [0.2, 0.25) is 0 Å². The molecule has 1 unspecified atom stereocenters. The number of nitrogens with two attached hydrogens (primary N) is 1. The van der Waals surface area contributed by atoms with Crippen LogP contribution >= 0.6 is 27.5 Å². The number of nitrogens with one attached hydrogen (secondary N) is 1. The van der Waals surface area contributed by atoms with E-state index in [4.69, 9.17) is 17.4 Å². The summed E-state index contributed by atoms with van der Waals surface area (Å²) in [7, 11) is 1.84. The summed E-state index contributed by atoms with van der Waals surface area (Å²) >= 11 is 9.63. The highest BCUT2D eigenvalue weighted by molar-refractivity contribution is 9.10. The van der Waals surface area contributed by atoms with Crippen LogP contribution in [0.2, 0.25) is 5.02 Å². The maximum Gasteiger partial charge on any atom is 0.0893 e. The Bertz CT molecular complexity index is 548. The number of hydrogen-bond donors (Lipinski definition) is 2. The Hall–Kier alpha value is -0.880. The zero-order chi connectivity index (χ0) is 13.3. The van der Waals surface area contributed by atoms with E-state index in [-0.39, 0.29) is 6.04 Å². The number of hydrazine groups is 1. The molecule has 1 aromatic heterocycles. The number of rotatable bonds is 3. The quantitative estimate of drug-likeness (QED) is 0.672. The lowest BCUT2D eigenvalue weighted by molar-refractivity contribution is 0.575. The molecule has 1 heterocycles. The number of aromatic nitrogens is 2. The monoisotopic (exact) mass is 328 g/mol. The molecule has 18 heavy (non-hydrogen) atoms.